The van der Waals surface area contributed by atoms with E-state index in [1.54, 1.807) is 0 Å². The van der Waals surface area contributed by atoms with E-state index in [4.69, 9.17) is 0 Å². The number of anilines is 3. The molecule has 0 saturated heterocycles. The highest BCUT2D eigenvalue weighted by atomic mass is 15.1. The van der Waals surface area contributed by atoms with Gasteiger partial charge in [-0.2, -0.15) is 5.26 Å². The number of benzene rings is 1. The third-order valence-electron chi connectivity index (χ3n) is 3.08. The second-order valence-corrected chi connectivity index (χ2v) is 4.99. The lowest BCUT2D eigenvalue weighted by Gasteiger charge is -2.15. The van der Waals surface area contributed by atoms with E-state index in [0.29, 0.717) is 11.4 Å². The molecule has 1 heterocycles. The molecule has 0 fully saturated rings. The summed E-state index contributed by atoms with van der Waals surface area (Å²) in [4.78, 5) is 6.46. The predicted molar refractivity (Wildman–Crippen MR) is 82.5 cm³/mol. The van der Waals surface area contributed by atoms with Crippen LogP contribution in [0.2, 0.25) is 0 Å². The van der Waals surface area contributed by atoms with Gasteiger partial charge in [0.05, 0.1) is 5.56 Å². The molecule has 2 aromatic rings. The van der Waals surface area contributed by atoms with Gasteiger partial charge in [-0.1, -0.05) is 6.07 Å². The molecule has 0 saturated carbocycles. The van der Waals surface area contributed by atoms with Gasteiger partial charge in [0.15, 0.2) is 0 Å². The van der Waals surface area contributed by atoms with Crippen molar-refractivity contribution in [2.24, 2.45) is 0 Å². The zero-order valence-electron chi connectivity index (χ0n) is 12.2. The van der Waals surface area contributed by atoms with Crippen LogP contribution in [0.3, 0.4) is 0 Å². The van der Waals surface area contributed by atoms with Gasteiger partial charge in [-0.3, -0.25) is 0 Å². The van der Waals surface area contributed by atoms with E-state index in [2.05, 4.69) is 16.4 Å². The van der Waals surface area contributed by atoms with Crippen molar-refractivity contribution in [2.45, 2.75) is 13.8 Å². The first kappa shape index (κ1) is 13.9. The Balaban J connectivity index is 2.40. The van der Waals surface area contributed by atoms with Crippen molar-refractivity contribution < 1.29 is 0 Å². The first-order chi connectivity index (χ1) is 9.51. The fraction of sp³-hybridized carbons (Fsp3) is 0.250. The van der Waals surface area contributed by atoms with E-state index >= 15 is 0 Å². The average molecular weight is 266 g/mol. The number of aromatic nitrogens is 1. The summed E-state index contributed by atoms with van der Waals surface area (Å²) in [5.41, 5.74) is 4.44. The molecule has 1 N–H and O–H groups in total. The quantitative estimate of drug-likeness (QED) is 0.925. The summed E-state index contributed by atoms with van der Waals surface area (Å²) in [5, 5.41) is 12.5. The molecule has 0 aliphatic heterocycles. The van der Waals surface area contributed by atoms with E-state index in [0.717, 1.165) is 22.6 Å². The van der Waals surface area contributed by atoms with E-state index in [9.17, 15) is 5.26 Å². The lowest BCUT2D eigenvalue weighted by molar-refractivity contribution is 1.13. The highest BCUT2D eigenvalue weighted by Crippen LogP contribution is 2.24. The monoisotopic (exact) mass is 266 g/mol. The number of hydrogen-bond acceptors (Lipinski definition) is 4. The number of hydrogen-bond donors (Lipinski definition) is 1. The molecule has 0 atom stereocenters. The van der Waals surface area contributed by atoms with Crippen molar-refractivity contribution in [1.82, 2.24) is 4.98 Å². The Kier molecular flexibility index (Phi) is 3.90. The fourth-order valence-corrected chi connectivity index (χ4v) is 2.07. The first-order valence-electron chi connectivity index (χ1n) is 6.44. The van der Waals surface area contributed by atoms with Crippen molar-refractivity contribution in [3.8, 4) is 6.07 Å². The third-order valence-corrected chi connectivity index (χ3v) is 3.08. The smallest absolute Gasteiger partial charge is 0.148 e. The number of nitrogens with zero attached hydrogens (tertiary/aromatic N) is 3. The van der Waals surface area contributed by atoms with Crippen LogP contribution in [0.5, 0.6) is 0 Å². The Labute approximate surface area is 119 Å². The van der Waals surface area contributed by atoms with Crippen LogP contribution in [0.1, 0.15) is 16.8 Å². The zero-order valence-corrected chi connectivity index (χ0v) is 12.2. The van der Waals surface area contributed by atoms with Crippen molar-refractivity contribution in [2.75, 3.05) is 24.3 Å². The van der Waals surface area contributed by atoms with Gasteiger partial charge in [0.25, 0.3) is 0 Å². The Bertz CT molecular complexity index is 669. The highest BCUT2D eigenvalue weighted by Gasteiger charge is 2.09. The fourth-order valence-electron chi connectivity index (χ4n) is 2.07. The average Bonchev–Trinajstić information content (AvgIpc) is 2.38. The highest BCUT2D eigenvalue weighted by molar-refractivity contribution is 5.67. The maximum Gasteiger partial charge on any atom is 0.148 e. The number of nitriles is 1. The van der Waals surface area contributed by atoms with Crippen LogP contribution >= 0.6 is 0 Å². The molecule has 20 heavy (non-hydrogen) atoms. The molecule has 0 bridgehead atoms. The van der Waals surface area contributed by atoms with Crippen molar-refractivity contribution >= 4 is 17.2 Å². The molecule has 0 spiro atoms. The minimum Gasteiger partial charge on any atom is -0.378 e. The van der Waals surface area contributed by atoms with Crippen LogP contribution in [-0.4, -0.2) is 19.1 Å². The first-order valence-corrected chi connectivity index (χ1v) is 6.44. The van der Waals surface area contributed by atoms with Crippen LogP contribution in [-0.2, 0) is 0 Å². The van der Waals surface area contributed by atoms with E-state index in [-0.39, 0.29) is 0 Å². The maximum atomic E-state index is 9.27. The van der Waals surface area contributed by atoms with Gasteiger partial charge in [-0.15, -0.1) is 0 Å². The normalized spacial score (nSPS) is 9.95. The van der Waals surface area contributed by atoms with Crippen LogP contribution in [0.15, 0.2) is 30.3 Å². The molecule has 0 aliphatic carbocycles. The Hall–Kier alpha value is -2.54. The van der Waals surface area contributed by atoms with Gasteiger partial charge in [0, 0.05) is 31.2 Å². The van der Waals surface area contributed by atoms with Crippen LogP contribution in [0.4, 0.5) is 17.2 Å². The summed E-state index contributed by atoms with van der Waals surface area (Å²) in [6.07, 6.45) is 0. The minimum atomic E-state index is 0.589. The SMILES string of the molecule is Cc1cc(C)c(C#N)c(Nc2cccc(N(C)C)c2)n1. The summed E-state index contributed by atoms with van der Waals surface area (Å²) in [5.74, 6) is 0.612. The van der Waals surface area contributed by atoms with Crippen molar-refractivity contribution in [3.63, 3.8) is 0 Å². The van der Waals surface area contributed by atoms with Gasteiger partial charge >= 0.3 is 0 Å². The number of rotatable bonds is 3. The van der Waals surface area contributed by atoms with Gasteiger partial charge < -0.3 is 10.2 Å². The van der Waals surface area contributed by atoms with Gasteiger partial charge in [-0.05, 0) is 43.7 Å². The largest absolute Gasteiger partial charge is 0.378 e. The molecule has 0 amide bonds. The molecule has 2 rings (SSSR count). The topological polar surface area (TPSA) is 52.0 Å². The summed E-state index contributed by atoms with van der Waals surface area (Å²) >= 11 is 0. The van der Waals surface area contributed by atoms with E-state index in [1.165, 1.54) is 0 Å². The zero-order chi connectivity index (χ0) is 14.7. The van der Waals surface area contributed by atoms with Crippen LogP contribution < -0.4 is 10.2 Å². The lowest BCUT2D eigenvalue weighted by atomic mass is 10.1. The van der Waals surface area contributed by atoms with Crippen molar-refractivity contribution in [3.05, 3.63) is 47.2 Å². The molecule has 0 unspecified atom stereocenters. The molecule has 0 aliphatic rings. The maximum absolute atomic E-state index is 9.27. The van der Waals surface area contributed by atoms with Gasteiger partial charge in [0.2, 0.25) is 0 Å². The molecule has 4 nitrogen and oxygen atoms in total. The van der Waals surface area contributed by atoms with E-state index < -0.39 is 0 Å². The third kappa shape index (κ3) is 2.89. The summed E-state index contributed by atoms with van der Waals surface area (Å²) < 4.78 is 0. The number of pyridine rings is 1. The second-order valence-electron chi connectivity index (χ2n) is 4.99. The molecule has 4 heteroatoms. The number of aryl methyl sites for hydroxylation is 2. The Morgan fingerprint density at radius 2 is 1.95 bits per heavy atom. The lowest BCUT2D eigenvalue weighted by Crippen LogP contribution is -2.08. The Morgan fingerprint density at radius 3 is 2.60 bits per heavy atom. The van der Waals surface area contributed by atoms with E-state index in [1.807, 2.05) is 63.2 Å². The minimum absolute atomic E-state index is 0.589. The molecule has 0 radical (unpaired) electrons. The summed E-state index contributed by atoms with van der Waals surface area (Å²) in [6, 6.07) is 12.1. The van der Waals surface area contributed by atoms with Crippen LogP contribution in [0.25, 0.3) is 0 Å². The molecule has 1 aromatic carbocycles. The Morgan fingerprint density at radius 1 is 1.20 bits per heavy atom. The second kappa shape index (κ2) is 5.62. The summed E-state index contributed by atoms with van der Waals surface area (Å²) in [7, 11) is 3.99. The molecule has 1 aromatic heterocycles. The van der Waals surface area contributed by atoms with Crippen molar-refractivity contribution in [1.29, 1.82) is 5.26 Å². The molecule has 102 valence electrons. The molecular formula is C16H18N4. The molecular weight excluding hydrogens is 248 g/mol. The van der Waals surface area contributed by atoms with Crippen LogP contribution in [0, 0.1) is 25.2 Å². The summed E-state index contributed by atoms with van der Waals surface area (Å²) in [6.45, 7) is 3.85. The standard InChI is InChI=1S/C16H18N4/c1-11-8-12(2)18-16(15(11)10-17)19-13-6-5-7-14(9-13)20(3)4/h5-9H,1-4H3,(H,18,19). The predicted octanol–water partition coefficient (Wildman–Crippen LogP) is 3.38. The van der Waals surface area contributed by atoms with Gasteiger partial charge in [-0.25, -0.2) is 4.98 Å². The van der Waals surface area contributed by atoms with Gasteiger partial charge in [0.1, 0.15) is 11.9 Å². The number of nitrogens with one attached hydrogen (secondary N) is 1.